The molecule has 0 aliphatic heterocycles. The lowest BCUT2D eigenvalue weighted by molar-refractivity contribution is -0.659. The van der Waals surface area contributed by atoms with E-state index in [1.165, 1.54) is 6.07 Å². The van der Waals surface area contributed by atoms with Gasteiger partial charge in [0.1, 0.15) is 41.5 Å². The number of aromatic nitrogens is 4. The summed E-state index contributed by atoms with van der Waals surface area (Å²) >= 11 is 0. The molecule has 3 heterocycles. The summed E-state index contributed by atoms with van der Waals surface area (Å²) in [6.45, 7) is 5.63. The van der Waals surface area contributed by atoms with E-state index in [0.29, 0.717) is 28.4 Å². The Labute approximate surface area is 177 Å². The molecule has 5 rings (SSSR count). The van der Waals surface area contributed by atoms with Crippen LogP contribution in [0, 0.1) is 32.4 Å². The molecule has 5 nitrogen and oxygen atoms in total. The Balaban J connectivity index is 1.74. The second kappa shape index (κ2) is 6.91. The van der Waals surface area contributed by atoms with Crippen molar-refractivity contribution in [2.45, 2.75) is 20.8 Å². The van der Waals surface area contributed by atoms with Crippen molar-refractivity contribution in [3.8, 4) is 22.6 Å². The Morgan fingerprint density at radius 3 is 2.35 bits per heavy atom. The monoisotopic (exact) mass is 417 g/mol. The van der Waals surface area contributed by atoms with Gasteiger partial charge < -0.3 is 4.42 Å². The molecule has 0 saturated carbocycles. The zero-order valence-electron chi connectivity index (χ0n) is 17.5. The van der Waals surface area contributed by atoms with Crippen molar-refractivity contribution in [1.82, 2.24) is 15.0 Å². The molecular weight excluding hydrogens is 398 g/mol. The fraction of sp³-hybridized carbons (Fsp3) is 0.167. The zero-order valence-corrected chi connectivity index (χ0v) is 17.5. The van der Waals surface area contributed by atoms with Crippen LogP contribution in [-0.2, 0) is 7.05 Å². The lowest BCUT2D eigenvalue weighted by atomic mass is 10.00. The van der Waals surface area contributed by atoms with Gasteiger partial charge in [0.2, 0.25) is 5.69 Å². The molecule has 0 aliphatic carbocycles. The molecule has 2 aromatic carbocycles. The van der Waals surface area contributed by atoms with Gasteiger partial charge in [0.15, 0.2) is 12.0 Å². The number of halogens is 2. The van der Waals surface area contributed by atoms with E-state index in [2.05, 4.69) is 15.0 Å². The van der Waals surface area contributed by atoms with Crippen LogP contribution in [0.15, 0.2) is 47.0 Å². The molecule has 0 atom stereocenters. The first-order chi connectivity index (χ1) is 14.8. The van der Waals surface area contributed by atoms with Crippen molar-refractivity contribution in [2.75, 3.05) is 0 Å². The highest BCUT2D eigenvalue weighted by molar-refractivity contribution is 6.10. The van der Waals surface area contributed by atoms with E-state index < -0.39 is 11.6 Å². The average Bonchev–Trinajstić information content (AvgIpc) is 3.06. The lowest BCUT2D eigenvalue weighted by Gasteiger charge is -2.07. The van der Waals surface area contributed by atoms with Gasteiger partial charge in [-0.3, -0.25) is 0 Å². The van der Waals surface area contributed by atoms with Gasteiger partial charge in [-0.2, -0.15) is 0 Å². The number of aryl methyl sites for hydroxylation is 4. The zero-order chi connectivity index (χ0) is 21.9. The Kier molecular flexibility index (Phi) is 4.28. The third kappa shape index (κ3) is 3.13. The van der Waals surface area contributed by atoms with E-state index in [-0.39, 0.29) is 11.0 Å². The molecule has 154 valence electrons. The number of pyridine rings is 1. The van der Waals surface area contributed by atoms with E-state index in [9.17, 15) is 8.78 Å². The molecule has 0 fully saturated rings. The Hall–Kier alpha value is -3.74. The van der Waals surface area contributed by atoms with Gasteiger partial charge in [0.05, 0.1) is 16.5 Å². The second-order valence-electron chi connectivity index (χ2n) is 7.66. The van der Waals surface area contributed by atoms with Gasteiger partial charge in [-0.1, -0.05) is 12.1 Å². The first-order valence-electron chi connectivity index (χ1n) is 9.82. The molecule has 7 heteroatoms. The minimum Gasteiger partial charge on any atom is -0.455 e. The number of nitrogens with zero attached hydrogens (tertiary/aromatic N) is 4. The predicted molar refractivity (Wildman–Crippen MR) is 113 cm³/mol. The predicted octanol–water partition coefficient (Wildman–Crippen LogP) is 5.13. The molecule has 0 spiro atoms. The third-order valence-corrected chi connectivity index (χ3v) is 5.37. The third-order valence-electron chi connectivity index (χ3n) is 5.37. The number of fused-ring (bicyclic) bond motifs is 3. The maximum atomic E-state index is 14.5. The maximum absolute atomic E-state index is 14.5. The highest BCUT2D eigenvalue weighted by Gasteiger charge is 2.23. The van der Waals surface area contributed by atoms with E-state index >= 15 is 0 Å². The van der Waals surface area contributed by atoms with E-state index in [1.807, 2.05) is 62.8 Å². The number of benzene rings is 2. The van der Waals surface area contributed by atoms with Crippen LogP contribution >= 0.6 is 0 Å². The highest BCUT2D eigenvalue weighted by Crippen LogP contribution is 2.38. The SMILES string of the molecule is Cc1nc(C)nc(-c2ccc(-c3c(C)ccc4c3oc3cc(F)cc(F)c34)[n+](C)c2)n1. The van der Waals surface area contributed by atoms with Gasteiger partial charge in [-0.15, -0.1) is 0 Å². The van der Waals surface area contributed by atoms with E-state index in [0.717, 1.165) is 28.5 Å². The molecule has 0 N–H and O–H groups in total. The fourth-order valence-electron chi connectivity index (χ4n) is 4.05. The molecule has 0 bridgehead atoms. The topological polar surface area (TPSA) is 55.7 Å². The van der Waals surface area contributed by atoms with Crippen LogP contribution in [0.25, 0.3) is 44.6 Å². The summed E-state index contributed by atoms with van der Waals surface area (Å²) in [6.07, 6.45) is 1.94. The van der Waals surface area contributed by atoms with Crippen LogP contribution in [-0.4, -0.2) is 15.0 Å². The first-order valence-corrected chi connectivity index (χ1v) is 9.82. The van der Waals surface area contributed by atoms with Crippen LogP contribution in [0.2, 0.25) is 0 Å². The quantitative estimate of drug-likeness (QED) is 0.374. The molecule has 0 aliphatic rings. The summed E-state index contributed by atoms with van der Waals surface area (Å²) in [5.41, 5.74) is 4.22. The van der Waals surface area contributed by atoms with Crippen LogP contribution < -0.4 is 4.57 Å². The summed E-state index contributed by atoms with van der Waals surface area (Å²) in [5, 5.41) is 0.897. The summed E-state index contributed by atoms with van der Waals surface area (Å²) < 4.78 is 36.2. The molecule has 31 heavy (non-hydrogen) atoms. The molecular formula is C24H19F2N4O+. The lowest BCUT2D eigenvalue weighted by Crippen LogP contribution is -2.31. The minimum atomic E-state index is -0.667. The van der Waals surface area contributed by atoms with Gasteiger partial charge >= 0.3 is 0 Å². The van der Waals surface area contributed by atoms with Crippen molar-refractivity contribution in [3.63, 3.8) is 0 Å². The van der Waals surface area contributed by atoms with Crippen LogP contribution in [0.5, 0.6) is 0 Å². The second-order valence-corrected chi connectivity index (χ2v) is 7.66. The van der Waals surface area contributed by atoms with E-state index in [4.69, 9.17) is 4.42 Å². The number of furan rings is 1. The summed E-state index contributed by atoms with van der Waals surface area (Å²) in [6, 6.07) is 9.71. The van der Waals surface area contributed by atoms with Crippen molar-refractivity contribution in [3.05, 3.63) is 71.4 Å². The first kappa shape index (κ1) is 19.2. The standard InChI is InChI=1S/C24H19F2N4O/c1-12-5-7-17-22-18(26)9-16(25)10-20(22)31-23(17)21(12)19-8-6-15(11-30(19)4)24-28-13(2)27-14(3)29-24/h5-11H,1-4H3/q+1. The Morgan fingerprint density at radius 2 is 1.65 bits per heavy atom. The molecule has 0 unspecified atom stereocenters. The molecule has 3 aromatic heterocycles. The maximum Gasteiger partial charge on any atom is 0.216 e. The van der Waals surface area contributed by atoms with Gasteiger partial charge in [-0.05, 0) is 32.4 Å². The molecule has 5 aromatic rings. The normalized spacial score (nSPS) is 11.5. The highest BCUT2D eigenvalue weighted by atomic mass is 19.1. The molecule has 0 saturated heterocycles. The van der Waals surface area contributed by atoms with E-state index in [1.54, 1.807) is 0 Å². The van der Waals surface area contributed by atoms with Gasteiger partial charge in [0, 0.05) is 23.6 Å². The van der Waals surface area contributed by atoms with Gasteiger partial charge in [-0.25, -0.2) is 28.3 Å². The number of hydrogen-bond donors (Lipinski definition) is 0. The summed E-state index contributed by atoms with van der Waals surface area (Å²) in [7, 11) is 1.92. The minimum absolute atomic E-state index is 0.190. The number of rotatable bonds is 2. The van der Waals surface area contributed by atoms with Crippen molar-refractivity contribution >= 4 is 21.9 Å². The van der Waals surface area contributed by atoms with Crippen molar-refractivity contribution < 1.29 is 17.8 Å². The van der Waals surface area contributed by atoms with Crippen molar-refractivity contribution in [1.29, 1.82) is 0 Å². The Bertz CT molecular complexity index is 1490. The van der Waals surface area contributed by atoms with Crippen LogP contribution in [0.4, 0.5) is 8.78 Å². The summed E-state index contributed by atoms with van der Waals surface area (Å²) in [4.78, 5) is 13.1. The van der Waals surface area contributed by atoms with Gasteiger partial charge in [0.25, 0.3) is 0 Å². The van der Waals surface area contributed by atoms with Crippen molar-refractivity contribution in [2.24, 2.45) is 7.05 Å². The Morgan fingerprint density at radius 1 is 0.903 bits per heavy atom. The number of hydrogen-bond acceptors (Lipinski definition) is 4. The smallest absolute Gasteiger partial charge is 0.216 e. The summed E-state index contributed by atoms with van der Waals surface area (Å²) in [5.74, 6) is 0.616. The molecule has 0 radical (unpaired) electrons. The largest absolute Gasteiger partial charge is 0.455 e. The fourth-order valence-corrected chi connectivity index (χ4v) is 4.05. The van der Waals surface area contributed by atoms with Crippen LogP contribution in [0.1, 0.15) is 17.2 Å². The molecule has 0 amide bonds. The average molecular weight is 417 g/mol. The van der Waals surface area contributed by atoms with Crippen LogP contribution in [0.3, 0.4) is 0 Å².